The summed E-state index contributed by atoms with van der Waals surface area (Å²) in [6.45, 7) is 7.95. The van der Waals surface area contributed by atoms with Crippen LogP contribution < -0.4 is 0 Å². The largest absolute Gasteiger partial charge is 0.457 e. The Labute approximate surface area is 107 Å². The maximum atomic E-state index is 11.7. The number of esters is 1. The fraction of sp³-hybridized carbons (Fsp3) is 0.533. The predicted molar refractivity (Wildman–Crippen MR) is 67.7 cm³/mol. The second kappa shape index (κ2) is 3.82. The van der Waals surface area contributed by atoms with Gasteiger partial charge in [-0.15, -0.1) is 0 Å². The molecule has 3 nitrogen and oxygen atoms in total. The summed E-state index contributed by atoms with van der Waals surface area (Å²) in [5.74, 6) is -0.450. The molecule has 1 N–H and O–H groups in total. The zero-order chi connectivity index (χ0) is 13.0. The van der Waals surface area contributed by atoms with Gasteiger partial charge in [0, 0.05) is 11.5 Å². The Balaban J connectivity index is 2.09. The topological polar surface area (TPSA) is 46.5 Å². The minimum atomic E-state index is -0.556. The fourth-order valence-corrected chi connectivity index (χ4v) is 3.60. The number of hydrogen-bond acceptors (Lipinski definition) is 3. The van der Waals surface area contributed by atoms with Gasteiger partial charge in [0.15, 0.2) is 0 Å². The molecule has 0 radical (unpaired) electrons. The van der Waals surface area contributed by atoms with Crippen LogP contribution in [0.3, 0.4) is 0 Å². The minimum absolute atomic E-state index is 0.148. The lowest BCUT2D eigenvalue weighted by Gasteiger charge is -2.25. The van der Waals surface area contributed by atoms with Gasteiger partial charge >= 0.3 is 5.97 Å². The van der Waals surface area contributed by atoms with Crippen molar-refractivity contribution in [3.05, 3.63) is 34.9 Å². The van der Waals surface area contributed by atoms with Crippen LogP contribution in [-0.4, -0.2) is 23.3 Å². The Hall–Kier alpha value is -1.35. The van der Waals surface area contributed by atoms with Crippen molar-refractivity contribution in [3.8, 4) is 0 Å². The standard InChI is InChI=1S/C15H18O3/c1-7-4-5-10-8(2)6-11(16)13-9(3)15(17)18-14(13)12(7)10/h4,11-14,16H,3,5-6H2,1-2H3/t11-,12-,13+,14+/m0/s1. The van der Waals surface area contributed by atoms with Crippen LogP contribution in [0.4, 0.5) is 0 Å². The van der Waals surface area contributed by atoms with E-state index >= 15 is 0 Å². The SMILES string of the molecule is C=C1C(=O)O[C@@H]2[C@H]3C(C)=CCC3=C(C)C[C@H](O)[C@@H]12. The predicted octanol–water partition coefficient (Wildman–Crippen LogP) is 2.13. The van der Waals surface area contributed by atoms with Crippen molar-refractivity contribution in [3.63, 3.8) is 0 Å². The molecule has 0 aromatic rings. The molecular formula is C15H18O3. The number of rotatable bonds is 0. The molecule has 1 aliphatic heterocycles. The summed E-state index contributed by atoms with van der Waals surface area (Å²) < 4.78 is 5.49. The van der Waals surface area contributed by atoms with Crippen molar-refractivity contribution in [1.82, 2.24) is 0 Å². The summed E-state index contributed by atoms with van der Waals surface area (Å²) >= 11 is 0. The zero-order valence-electron chi connectivity index (χ0n) is 10.8. The third-order valence-electron chi connectivity index (χ3n) is 4.58. The Kier molecular flexibility index (Phi) is 2.49. The summed E-state index contributed by atoms with van der Waals surface area (Å²) in [7, 11) is 0. The van der Waals surface area contributed by atoms with E-state index in [4.69, 9.17) is 4.74 Å². The smallest absolute Gasteiger partial charge is 0.334 e. The van der Waals surface area contributed by atoms with Gasteiger partial charge < -0.3 is 9.84 Å². The number of aliphatic hydroxyl groups is 1. The number of aliphatic hydroxyl groups excluding tert-OH is 1. The molecule has 3 aliphatic rings. The quantitative estimate of drug-likeness (QED) is 0.404. The number of carbonyl (C=O) groups is 1. The van der Waals surface area contributed by atoms with Gasteiger partial charge in [-0.25, -0.2) is 4.79 Å². The van der Waals surface area contributed by atoms with Crippen LogP contribution in [0.1, 0.15) is 26.7 Å². The molecule has 4 atom stereocenters. The first-order chi connectivity index (χ1) is 8.50. The highest BCUT2D eigenvalue weighted by molar-refractivity contribution is 5.91. The van der Waals surface area contributed by atoms with E-state index in [0.29, 0.717) is 12.0 Å². The average Bonchev–Trinajstić information content (AvgIpc) is 2.77. The lowest BCUT2D eigenvalue weighted by atomic mass is 9.82. The van der Waals surface area contributed by atoms with Crippen LogP contribution >= 0.6 is 0 Å². The normalized spacial score (nSPS) is 39.2. The number of hydrogen-bond donors (Lipinski definition) is 1. The van der Waals surface area contributed by atoms with Gasteiger partial charge in [-0.3, -0.25) is 0 Å². The molecule has 1 heterocycles. The van der Waals surface area contributed by atoms with Crippen molar-refractivity contribution >= 4 is 5.97 Å². The van der Waals surface area contributed by atoms with Crippen molar-refractivity contribution in [2.24, 2.45) is 11.8 Å². The molecular weight excluding hydrogens is 228 g/mol. The molecule has 1 saturated heterocycles. The first-order valence-electron chi connectivity index (χ1n) is 6.43. The summed E-state index contributed by atoms with van der Waals surface area (Å²) in [6.07, 6.45) is 2.92. The second-order valence-corrected chi connectivity index (χ2v) is 5.63. The Morgan fingerprint density at radius 3 is 2.89 bits per heavy atom. The van der Waals surface area contributed by atoms with Crippen molar-refractivity contribution in [2.45, 2.75) is 38.9 Å². The number of fused-ring (bicyclic) bond motifs is 3. The van der Waals surface area contributed by atoms with E-state index in [0.717, 1.165) is 6.42 Å². The molecule has 0 spiro atoms. The van der Waals surface area contributed by atoms with Gasteiger partial charge in [-0.05, 0) is 26.7 Å². The Morgan fingerprint density at radius 2 is 2.17 bits per heavy atom. The molecule has 0 unspecified atom stereocenters. The van der Waals surface area contributed by atoms with Crippen molar-refractivity contribution < 1.29 is 14.6 Å². The maximum Gasteiger partial charge on any atom is 0.334 e. The van der Waals surface area contributed by atoms with Crippen LogP contribution in [0.25, 0.3) is 0 Å². The summed E-state index contributed by atoms with van der Waals surface area (Å²) in [4.78, 5) is 11.7. The number of carbonyl (C=O) groups excluding carboxylic acids is 1. The summed E-state index contributed by atoms with van der Waals surface area (Å²) in [5, 5.41) is 10.3. The molecule has 18 heavy (non-hydrogen) atoms. The molecule has 0 aromatic carbocycles. The van der Waals surface area contributed by atoms with E-state index in [-0.39, 0.29) is 23.9 Å². The molecule has 0 saturated carbocycles. The van der Waals surface area contributed by atoms with E-state index in [1.54, 1.807) is 0 Å². The molecule has 3 rings (SSSR count). The third kappa shape index (κ3) is 1.43. The highest BCUT2D eigenvalue weighted by Gasteiger charge is 2.50. The van der Waals surface area contributed by atoms with Crippen molar-refractivity contribution in [1.29, 1.82) is 0 Å². The highest BCUT2D eigenvalue weighted by atomic mass is 16.6. The minimum Gasteiger partial charge on any atom is -0.457 e. The van der Waals surface area contributed by atoms with Crippen LogP contribution in [0, 0.1) is 11.8 Å². The van der Waals surface area contributed by atoms with Crippen LogP contribution in [0.2, 0.25) is 0 Å². The maximum absolute atomic E-state index is 11.7. The van der Waals surface area contributed by atoms with Gasteiger partial charge in [-0.1, -0.05) is 29.4 Å². The van der Waals surface area contributed by atoms with E-state index in [1.165, 1.54) is 16.7 Å². The van der Waals surface area contributed by atoms with Gasteiger partial charge in [0.25, 0.3) is 0 Å². The highest BCUT2D eigenvalue weighted by Crippen LogP contribution is 2.48. The average molecular weight is 246 g/mol. The lowest BCUT2D eigenvalue weighted by Crippen LogP contribution is -2.32. The first-order valence-corrected chi connectivity index (χ1v) is 6.43. The van der Waals surface area contributed by atoms with Gasteiger partial charge in [0.05, 0.1) is 12.0 Å². The Bertz CT molecular complexity index is 498. The lowest BCUT2D eigenvalue weighted by molar-refractivity contribution is -0.140. The number of ether oxygens (including phenoxy) is 1. The fourth-order valence-electron chi connectivity index (χ4n) is 3.60. The molecule has 0 bridgehead atoms. The van der Waals surface area contributed by atoms with Crippen LogP contribution in [-0.2, 0) is 9.53 Å². The van der Waals surface area contributed by atoms with Crippen LogP contribution in [0.15, 0.2) is 34.9 Å². The molecule has 0 amide bonds. The monoisotopic (exact) mass is 246 g/mol. The Morgan fingerprint density at radius 1 is 1.44 bits per heavy atom. The molecule has 3 heteroatoms. The summed E-state index contributed by atoms with van der Waals surface area (Å²) in [6, 6.07) is 0. The van der Waals surface area contributed by atoms with E-state index < -0.39 is 6.10 Å². The van der Waals surface area contributed by atoms with E-state index in [9.17, 15) is 9.90 Å². The number of allylic oxidation sites excluding steroid dienone is 1. The first kappa shape index (κ1) is 11.7. The van der Waals surface area contributed by atoms with Gasteiger partial charge in [0.2, 0.25) is 0 Å². The summed E-state index contributed by atoms with van der Waals surface area (Å²) in [5.41, 5.74) is 4.23. The van der Waals surface area contributed by atoms with E-state index in [2.05, 4.69) is 26.5 Å². The van der Waals surface area contributed by atoms with Crippen LogP contribution in [0.5, 0.6) is 0 Å². The molecule has 96 valence electrons. The molecule has 0 aromatic heterocycles. The second-order valence-electron chi connectivity index (χ2n) is 5.63. The zero-order valence-corrected chi connectivity index (χ0v) is 10.8. The van der Waals surface area contributed by atoms with Gasteiger partial charge in [0.1, 0.15) is 6.10 Å². The molecule has 2 aliphatic carbocycles. The van der Waals surface area contributed by atoms with Gasteiger partial charge in [-0.2, -0.15) is 0 Å². The molecule has 1 fully saturated rings. The van der Waals surface area contributed by atoms with E-state index in [1.807, 2.05) is 0 Å². The van der Waals surface area contributed by atoms with Crippen molar-refractivity contribution in [2.75, 3.05) is 0 Å². The third-order valence-corrected chi connectivity index (χ3v) is 4.58.